The van der Waals surface area contributed by atoms with E-state index in [1.54, 1.807) is 12.1 Å². The van der Waals surface area contributed by atoms with Gasteiger partial charge in [-0.15, -0.1) is 0 Å². The largest absolute Gasteiger partial charge is 0.508 e. The molecule has 2 aliphatic rings. The average Bonchev–Trinajstić information content (AvgIpc) is 2.96. The van der Waals surface area contributed by atoms with E-state index in [0.717, 1.165) is 41.1 Å². The van der Waals surface area contributed by atoms with Gasteiger partial charge in [0.15, 0.2) is 5.78 Å². The number of fused-ring (bicyclic) bond motifs is 1. The zero-order valence-corrected chi connectivity index (χ0v) is 17.6. The van der Waals surface area contributed by atoms with E-state index in [-0.39, 0.29) is 23.5 Å². The number of carbonyl (C=O) groups excluding carboxylic acids is 1. The van der Waals surface area contributed by atoms with Crippen molar-refractivity contribution in [3.05, 3.63) is 101 Å². The minimum Gasteiger partial charge on any atom is -0.508 e. The normalized spacial score (nSPS) is 20.2. The number of hydrogen-bond donors (Lipinski definition) is 3. The standard InChI is InChI=1S/C27H26N2O2/c1-2-17-7-9-18(10-8-17)20-15-24-26(25(31)16-20)27(19-11-13-21(30)14-12-19)29-23-6-4-3-5-22(23)28-24/h3-14,20,27-30H,2,15-16H2,1H3. The van der Waals surface area contributed by atoms with Crippen molar-refractivity contribution in [1.82, 2.24) is 0 Å². The molecule has 5 rings (SSSR count). The van der Waals surface area contributed by atoms with E-state index < -0.39 is 0 Å². The van der Waals surface area contributed by atoms with Crippen LogP contribution in [0.5, 0.6) is 5.75 Å². The average molecular weight is 411 g/mol. The van der Waals surface area contributed by atoms with Crippen LogP contribution in [0, 0.1) is 0 Å². The van der Waals surface area contributed by atoms with Gasteiger partial charge in [0.2, 0.25) is 0 Å². The second kappa shape index (κ2) is 7.95. The maximum absolute atomic E-state index is 13.5. The van der Waals surface area contributed by atoms with Crippen LogP contribution in [-0.4, -0.2) is 10.9 Å². The van der Waals surface area contributed by atoms with Crippen molar-refractivity contribution in [2.75, 3.05) is 10.6 Å². The monoisotopic (exact) mass is 410 g/mol. The van der Waals surface area contributed by atoms with Crippen LogP contribution in [-0.2, 0) is 11.2 Å². The number of ketones is 1. The third kappa shape index (κ3) is 3.70. The molecule has 156 valence electrons. The molecule has 4 nitrogen and oxygen atoms in total. The highest BCUT2D eigenvalue weighted by atomic mass is 16.3. The van der Waals surface area contributed by atoms with Gasteiger partial charge in [0.25, 0.3) is 0 Å². The van der Waals surface area contributed by atoms with E-state index in [1.165, 1.54) is 11.1 Å². The number of hydrogen-bond acceptors (Lipinski definition) is 4. The lowest BCUT2D eigenvalue weighted by Gasteiger charge is -2.30. The van der Waals surface area contributed by atoms with Crippen LogP contribution >= 0.6 is 0 Å². The number of para-hydroxylation sites is 2. The van der Waals surface area contributed by atoms with E-state index in [4.69, 9.17) is 0 Å². The lowest BCUT2D eigenvalue weighted by molar-refractivity contribution is -0.116. The predicted molar refractivity (Wildman–Crippen MR) is 124 cm³/mol. The fourth-order valence-electron chi connectivity index (χ4n) is 4.67. The summed E-state index contributed by atoms with van der Waals surface area (Å²) in [5, 5.41) is 16.9. The smallest absolute Gasteiger partial charge is 0.163 e. The van der Waals surface area contributed by atoms with Gasteiger partial charge in [-0.3, -0.25) is 4.79 Å². The molecule has 1 aliphatic carbocycles. The molecule has 0 fully saturated rings. The highest BCUT2D eigenvalue weighted by Crippen LogP contribution is 2.44. The Morgan fingerprint density at radius 3 is 2.26 bits per heavy atom. The van der Waals surface area contributed by atoms with E-state index in [0.29, 0.717) is 6.42 Å². The van der Waals surface area contributed by atoms with Crippen LogP contribution < -0.4 is 10.6 Å². The molecule has 2 unspecified atom stereocenters. The molecular weight excluding hydrogens is 384 g/mol. The molecule has 0 bridgehead atoms. The maximum atomic E-state index is 13.5. The van der Waals surface area contributed by atoms with Crippen molar-refractivity contribution < 1.29 is 9.90 Å². The Morgan fingerprint density at radius 2 is 1.55 bits per heavy atom. The Hall–Kier alpha value is -3.53. The van der Waals surface area contributed by atoms with Crippen molar-refractivity contribution in [1.29, 1.82) is 0 Å². The number of phenols is 1. The second-order valence-electron chi connectivity index (χ2n) is 8.36. The van der Waals surface area contributed by atoms with Crippen LogP contribution in [0.3, 0.4) is 0 Å². The first-order valence-electron chi connectivity index (χ1n) is 10.9. The summed E-state index contributed by atoms with van der Waals surface area (Å²) < 4.78 is 0. The van der Waals surface area contributed by atoms with E-state index in [2.05, 4.69) is 41.8 Å². The number of carbonyl (C=O) groups is 1. The van der Waals surface area contributed by atoms with Crippen LogP contribution in [0.15, 0.2) is 84.1 Å². The molecular formula is C27H26N2O2. The summed E-state index contributed by atoms with van der Waals surface area (Å²) in [7, 11) is 0. The number of aryl methyl sites for hydroxylation is 1. The number of rotatable bonds is 3. The van der Waals surface area contributed by atoms with Crippen molar-refractivity contribution in [2.45, 2.75) is 38.1 Å². The van der Waals surface area contributed by atoms with Gasteiger partial charge >= 0.3 is 0 Å². The Balaban J connectivity index is 1.57. The molecule has 1 aliphatic heterocycles. The molecule has 0 spiro atoms. The van der Waals surface area contributed by atoms with Gasteiger partial charge in [-0.25, -0.2) is 0 Å². The Morgan fingerprint density at radius 1 is 0.871 bits per heavy atom. The first-order valence-corrected chi connectivity index (χ1v) is 10.9. The molecule has 2 atom stereocenters. The Labute approximate surface area is 182 Å². The number of anilines is 2. The number of allylic oxidation sites excluding steroid dienone is 1. The van der Waals surface area contributed by atoms with Crippen molar-refractivity contribution >= 4 is 17.2 Å². The topological polar surface area (TPSA) is 61.4 Å². The van der Waals surface area contributed by atoms with E-state index in [9.17, 15) is 9.90 Å². The van der Waals surface area contributed by atoms with E-state index in [1.807, 2.05) is 36.4 Å². The summed E-state index contributed by atoms with van der Waals surface area (Å²) in [6, 6.07) is 23.6. The Kier molecular flexibility index (Phi) is 4.99. The zero-order valence-electron chi connectivity index (χ0n) is 17.6. The van der Waals surface area contributed by atoms with Gasteiger partial charge in [-0.2, -0.15) is 0 Å². The molecule has 3 N–H and O–H groups in total. The third-order valence-electron chi connectivity index (χ3n) is 6.39. The van der Waals surface area contributed by atoms with Crippen LogP contribution in [0.4, 0.5) is 11.4 Å². The van der Waals surface area contributed by atoms with Gasteiger partial charge in [-0.1, -0.05) is 55.5 Å². The third-order valence-corrected chi connectivity index (χ3v) is 6.39. The van der Waals surface area contributed by atoms with E-state index >= 15 is 0 Å². The molecule has 31 heavy (non-hydrogen) atoms. The second-order valence-corrected chi connectivity index (χ2v) is 8.36. The molecule has 0 saturated carbocycles. The zero-order chi connectivity index (χ0) is 21.4. The molecule has 0 aromatic heterocycles. The fraction of sp³-hybridized carbons (Fsp3) is 0.222. The molecule has 1 heterocycles. The van der Waals surface area contributed by atoms with Crippen molar-refractivity contribution in [3.63, 3.8) is 0 Å². The lowest BCUT2D eigenvalue weighted by atomic mass is 9.78. The minimum absolute atomic E-state index is 0.162. The first-order chi connectivity index (χ1) is 15.1. The number of phenolic OH excluding ortho intramolecular Hbond substituents is 1. The molecule has 0 amide bonds. The molecule has 3 aromatic rings. The molecule has 3 aromatic carbocycles. The summed E-state index contributed by atoms with van der Waals surface area (Å²) in [5.74, 6) is 0.544. The van der Waals surface area contributed by atoms with Crippen molar-refractivity contribution in [3.8, 4) is 5.75 Å². The van der Waals surface area contributed by atoms with Gasteiger partial charge < -0.3 is 15.7 Å². The predicted octanol–water partition coefficient (Wildman–Crippen LogP) is 5.93. The van der Waals surface area contributed by atoms with Gasteiger partial charge in [0.05, 0.1) is 17.4 Å². The molecule has 4 heteroatoms. The van der Waals surface area contributed by atoms with Crippen LogP contribution in [0.25, 0.3) is 0 Å². The lowest BCUT2D eigenvalue weighted by Crippen LogP contribution is -2.26. The number of Topliss-reactive ketones (excluding diaryl/α,β-unsaturated/α-hetero) is 1. The maximum Gasteiger partial charge on any atom is 0.163 e. The first kappa shape index (κ1) is 19.4. The van der Waals surface area contributed by atoms with Gasteiger partial charge in [0, 0.05) is 17.7 Å². The fourth-order valence-corrected chi connectivity index (χ4v) is 4.67. The number of aromatic hydroxyl groups is 1. The summed E-state index contributed by atoms with van der Waals surface area (Å²) >= 11 is 0. The highest BCUT2D eigenvalue weighted by Gasteiger charge is 2.36. The molecule has 0 saturated heterocycles. The number of nitrogens with one attached hydrogen (secondary N) is 2. The summed E-state index contributed by atoms with van der Waals surface area (Å²) in [5.41, 5.74) is 7.20. The quantitative estimate of drug-likeness (QED) is 0.500. The molecule has 0 radical (unpaired) electrons. The van der Waals surface area contributed by atoms with Crippen LogP contribution in [0.2, 0.25) is 0 Å². The minimum atomic E-state index is -0.261. The summed E-state index contributed by atoms with van der Waals surface area (Å²) in [4.78, 5) is 13.5. The SMILES string of the molecule is CCc1ccc(C2CC(=O)C3=C(C2)Nc2ccccc2NC3c2ccc(O)cc2)cc1. The summed E-state index contributed by atoms with van der Waals surface area (Å²) in [6.45, 7) is 2.15. The van der Waals surface area contributed by atoms with Crippen LogP contribution in [0.1, 0.15) is 48.4 Å². The highest BCUT2D eigenvalue weighted by molar-refractivity contribution is 6.01. The Bertz CT molecular complexity index is 1150. The van der Waals surface area contributed by atoms with Gasteiger partial charge in [0.1, 0.15) is 5.75 Å². The van der Waals surface area contributed by atoms with Gasteiger partial charge in [-0.05, 0) is 59.7 Å². The number of benzene rings is 3. The van der Waals surface area contributed by atoms with Crippen molar-refractivity contribution in [2.24, 2.45) is 0 Å². The summed E-state index contributed by atoms with van der Waals surface area (Å²) in [6.07, 6.45) is 2.30.